The van der Waals surface area contributed by atoms with Gasteiger partial charge in [-0.15, -0.1) is 0 Å². The molecule has 2 heterocycles. The van der Waals surface area contributed by atoms with Crippen molar-refractivity contribution < 1.29 is 14.3 Å². The highest BCUT2D eigenvalue weighted by molar-refractivity contribution is 5.87. The molecule has 1 N–H and O–H groups in total. The third-order valence-electron chi connectivity index (χ3n) is 4.81. The van der Waals surface area contributed by atoms with E-state index in [0.29, 0.717) is 19.1 Å². The Hall–Kier alpha value is -2.08. The number of piperazine rings is 1. The monoisotopic (exact) mass is 331 g/mol. The SMILES string of the molecule is CC(C)N1CC(C2C(=O)NCCN2C(=O)OCc2ccccc2)C1. The fourth-order valence-corrected chi connectivity index (χ4v) is 3.33. The largest absolute Gasteiger partial charge is 0.445 e. The van der Waals surface area contributed by atoms with Gasteiger partial charge in [-0.3, -0.25) is 9.69 Å². The van der Waals surface area contributed by atoms with Crippen LogP contribution in [0.5, 0.6) is 0 Å². The molecule has 2 aliphatic heterocycles. The van der Waals surface area contributed by atoms with Crippen molar-refractivity contribution in [3.8, 4) is 0 Å². The zero-order valence-corrected chi connectivity index (χ0v) is 14.3. The van der Waals surface area contributed by atoms with Crippen LogP contribution in [0, 0.1) is 5.92 Å². The summed E-state index contributed by atoms with van der Waals surface area (Å²) in [5.74, 6) is 0.114. The van der Waals surface area contributed by atoms with Crippen molar-refractivity contribution >= 4 is 12.0 Å². The number of nitrogens with one attached hydrogen (secondary N) is 1. The van der Waals surface area contributed by atoms with Crippen LogP contribution < -0.4 is 5.32 Å². The Labute approximate surface area is 142 Å². The molecule has 6 nitrogen and oxygen atoms in total. The zero-order chi connectivity index (χ0) is 17.1. The van der Waals surface area contributed by atoms with E-state index in [1.807, 2.05) is 30.3 Å². The molecule has 0 aromatic heterocycles. The Morgan fingerprint density at radius 1 is 1.29 bits per heavy atom. The molecular formula is C18H25N3O3. The quantitative estimate of drug-likeness (QED) is 0.907. The number of nitrogens with zero attached hydrogens (tertiary/aromatic N) is 2. The first-order valence-electron chi connectivity index (χ1n) is 8.55. The van der Waals surface area contributed by atoms with E-state index in [-0.39, 0.29) is 18.4 Å². The molecule has 1 aromatic rings. The van der Waals surface area contributed by atoms with Crippen molar-refractivity contribution in [1.82, 2.24) is 15.1 Å². The molecule has 3 rings (SSSR count). The van der Waals surface area contributed by atoms with Gasteiger partial charge in [-0.25, -0.2) is 4.79 Å². The molecule has 2 amide bonds. The molecule has 0 radical (unpaired) electrons. The lowest BCUT2D eigenvalue weighted by Gasteiger charge is -2.48. The number of ether oxygens (including phenoxy) is 1. The summed E-state index contributed by atoms with van der Waals surface area (Å²) >= 11 is 0. The summed E-state index contributed by atoms with van der Waals surface area (Å²) in [6, 6.07) is 9.63. The molecule has 0 aliphatic carbocycles. The Morgan fingerprint density at radius 3 is 2.67 bits per heavy atom. The maximum Gasteiger partial charge on any atom is 0.410 e. The molecule has 0 bridgehead atoms. The molecule has 1 aromatic carbocycles. The Bertz CT molecular complexity index is 584. The van der Waals surface area contributed by atoms with Crippen LogP contribution in [0.2, 0.25) is 0 Å². The highest BCUT2D eigenvalue weighted by Gasteiger charge is 2.45. The third kappa shape index (κ3) is 3.53. The molecule has 1 atom stereocenters. The van der Waals surface area contributed by atoms with E-state index in [1.54, 1.807) is 4.90 Å². The molecule has 0 saturated carbocycles. The molecule has 1 unspecified atom stereocenters. The predicted molar refractivity (Wildman–Crippen MR) is 90.3 cm³/mol. The van der Waals surface area contributed by atoms with E-state index in [1.165, 1.54) is 0 Å². The topological polar surface area (TPSA) is 61.9 Å². The van der Waals surface area contributed by atoms with Gasteiger partial charge in [0, 0.05) is 38.1 Å². The van der Waals surface area contributed by atoms with Crippen molar-refractivity contribution in [2.75, 3.05) is 26.2 Å². The minimum atomic E-state index is -0.419. The van der Waals surface area contributed by atoms with E-state index >= 15 is 0 Å². The highest BCUT2D eigenvalue weighted by atomic mass is 16.6. The van der Waals surface area contributed by atoms with Crippen LogP contribution in [0.3, 0.4) is 0 Å². The molecular weight excluding hydrogens is 306 g/mol. The van der Waals surface area contributed by atoms with Crippen molar-refractivity contribution in [3.63, 3.8) is 0 Å². The summed E-state index contributed by atoms with van der Waals surface area (Å²) in [6.45, 7) is 7.19. The zero-order valence-electron chi connectivity index (χ0n) is 14.3. The molecule has 0 spiro atoms. The average molecular weight is 331 g/mol. The van der Waals surface area contributed by atoms with Crippen LogP contribution in [0.25, 0.3) is 0 Å². The fourth-order valence-electron chi connectivity index (χ4n) is 3.33. The standard InChI is InChI=1S/C18H25N3O3/c1-13(2)20-10-15(11-20)16-17(22)19-8-9-21(16)18(23)24-12-14-6-4-3-5-7-14/h3-7,13,15-16H,8-12H2,1-2H3,(H,19,22). The number of amides is 2. The van der Waals surface area contributed by atoms with E-state index in [9.17, 15) is 9.59 Å². The lowest BCUT2D eigenvalue weighted by Crippen LogP contribution is -2.66. The molecule has 130 valence electrons. The molecule has 2 fully saturated rings. The van der Waals surface area contributed by atoms with Crippen LogP contribution >= 0.6 is 0 Å². The van der Waals surface area contributed by atoms with Crippen LogP contribution in [0.15, 0.2) is 30.3 Å². The minimum absolute atomic E-state index is 0.0636. The Morgan fingerprint density at radius 2 is 2.00 bits per heavy atom. The number of likely N-dealkylation sites (tertiary alicyclic amines) is 1. The minimum Gasteiger partial charge on any atom is -0.445 e. The lowest BCUT2D eigenvalue weighted by atomic mass is 9.88. The summed E-state index contributed by atoms with van der Waals surface area (Å²) in [5, 5.41) is 2.88. The Kier molecular flexibility index (Phi) is 5.04. The van der Waals surface area contributed by atoms with Crippen LogP contribution in [-0.2, 0) is 16.1 Å². The van der Waals surface area contributed by atoms with Gasteiger partial charge in [0.05, 0.1) is 0 Å². The van der Waals surface area contributed by atoms with Gasteiger partial charge in [0.1, 0.15) is 12.6 Å². The number of benzene rings is 1. The van der Waals surface area contributed by atoms with Crippen molar-refractivity contribution in [2.24, 2.45) is 5.92 Å². The fraction of sp³-hybridized carbons (Fsp3) is 0.556. The van der Waals surface area contributed by atoms with Gasteiger partial charge in [0.15, 0.2) is 0 Å². The van der Waals surface area contributed by atoms with Crippen LogP contribution in [0.4, 0.5) is 4.79 Å². The lowest BCUT2D eigenvalue weighted by molar-refractivity contribution is -0.134. The second kappa shape index (κ2) is 7.21. The van der Waals surface area contributed by atoms with Gasteiger partial charge in [0.25, 0.3) is 0 Å². The third-order valence-corrected chi connectivity index (χ3v) is 4.81. The molecule has 2 saturated heterocycles. The highest BCUT2D eigenvalue weighted by Crippen LogP contribution is 2.27. The molecule has 24 heavy (non-hydrogen) atoms. The summed E-state index contributed by atoms with van der Waals surface area (Å²) in [5.41, 5.74) is 0.943. The van der Waals surface area contributed by atoms with Crippen molar-refractivity contribution in [1.29, 1.82) is 0 Å². The first-order valence-corrected chi connectivity index (χ1v) is 8.55. The van der Waals surface area contributed by atoms with Crippen molar-refractivity contribution in [2.45, 2.75) is 32.5 Å². The summed E-state index contributed by atoms with van der Waals surface area (Å²) in [6.07, 6.45) is -0.401. The first kappa shape index (κ1) is 16.8. The van der Waals surface area contributed by atoms with Gasteiger partial charge in [-0.1, -0.05) is 30.3 Å². The van der Waals surface area contributed by atoms with Gasteiger partial charge in [-0.05, 0) is 19.4 Å². The maximum atomic E-state index is 12.5. The summed E-state index contributed by atoms with van der Waals surface area (Å²) in [4.78, 5) is 28.7. The maximum absolute atomic E-state index is 12.5. The summed E-state index contributed by atoms with van der Waals surface area (Å²) < 4.78 is 5.43. The second-order valence-electron chi connectivity index (χ2n) is 6.78. The van der Waals surface area contributed by atoms with E-state index in [0.717, 1.165) is 18.7 Å². The van der Waals surface area contributed by atoms with E-state index < -0.39 is 12.1 Å². The van der Waals surface area contributed by atoms with E-state index in [4.69, 9.17) is 4.74 Å². The number of rotatable bonds is 4. The normalized spacial score (nSPS) is 22.2. The second-order valence-corrected chi connectivity index (χ2v) is 6.78. The van der Waals surface area contributed by atoms with Gasteiger partial charge in [-0.2, -0.15) is 0 Å². The molecule has 6 heteroatoms. The summed E-state index contributed by atoms with van der Waals surface area (Å²) in [7, 11) is 0. The van der Waals surface area contributed by atoms with Crippen LogP contribution in [-0.4, -0.2) is 60.1 Å². The van der Waals surface area contributed by atoms with Crippen molar-refractivity contribution in [3.05, 3.63) is 35.9 Å². The smallest absolute Gasteiger partial charge is 0.410 e. The van der Waals surface area contributed by atoms with Gasteiger partial charge >= 0.3 is 6.09 Å². The molecule has 2 aliphatic rings. The van der Waals surface area contributed by atoms with Crippen LogP contribution in [0.1, 0.15) is 19.4 Å². The number of carbonyl (C=O) groups is 2. The number of hydrogen-bond donors (Lipinski definition) is 1. The number of carbonyl (C=O) groups excluding carboxylic acids is 2. The van der Waals surface area contributed by atoms with Gasteiger partial charge < -0.3 is 15.0 Å². The van der Waals surface area contributed by atoms with Gasteiger partial charge in [0.2, 0.25) is 5.91 Å². The number of hydrogen-bond acceptors (Lipinski definition) is 4. The first-order chi connectivity index (χ1) is 11.6. The predicted octanol–water partition coefficient (Wildman–Crippen LogP) is 1.46. The Balaban J connectivity index is 1.61. The van der Waals surface area contributed by atoms with E-state index in [2.05, 4.69) is 24.1 Å². The average Bonchev–Trinajstić information content (AvgIpc) is 2.53.